The maximum atomic E-state index is 12.7. The maximum absolute atomic E-state index is 12.7. The van der Waals surface area contributed by atoms with E-state index in [1.807, 2.05) is 0 Å². The quantitative estimate of drug-likeness (QED) is 0.716. The van der Waals surface area contributed by atoms with Crippen LogP contribution >= 0.6 is 0 Å². The number of carbonyl (C=O) groups is 2. The molecule has 0 bridgehead atoms. The van der Waals surface area contributed by atoms with Crippen molar-refractivity contribution >= 4 is 11.6 Å². The van der Waals surface area contributed by atoms with Gasteiger partial charge in [0.15, 0.2) is 11.6 Å². The van der Waals surface area contributed by atoms with Gasteiger partial charge in [-0.1, -0.05) is 6.07 Å². The second kappa shape index (κ2) is 4.77. The number of benzene rings is 1. The Morgan fingerprint density at radius 3 is 2.40 bits per heavy atom. The Morgan fingerprint density at radius 1 is 1.20 bits per heavy atom. The first-order chi connectivity index (χ1) is 6.99. The third kappa shape index (κ3) is 3.58. The third-order valence-corrected chi connectivity index (χ3v) is 1.83. The average molecular weight is 212 g/mol. The van der Waals surface area contributed by atoms with E-state index < -0.39 is 11.6 Å². The van der Waals surface area contributed by atoms with Gasteiger partial charge >= 0.3 is 0 Å². The lowest BCUT2D eigenvalue weighted by atomic mass is 10.1. The van der Waals surface area contributed by atoms with Gasteiger partial charge in [0.2, 0.25) is 0 Å². The minimum absolute atomic E-state index is 0.0449. The van der Waals surface area contributed by atoms with E-state index in [1.54, 1.807) is 0 Å². The van der Waals surface area contributed by atoms with E-state index in [4.69, 9.17) is 0 Å². The smallest absolute Gasteiger partial charge is 0.159 e. The molecule has 0 saturated carbocycles. The molecular weight excluding hydrogens is 202 g/mol. The van der Waals surface area contributed by atoms with Gasteiger partial charge in [0, 0.05) is 6.42 Å². The first kappa shape index (κ1) is 11.5. The van der Waals surface area contributed by atoms with E-state index in [-0.39, 0.29) is 24.4 Å². The van der Waals surface area contributed by atoms with E-state index >= 15 is 0 Å². The van der Waals surface area contributed by atoms with Crippen molar-refractivity contribution in [2.45, 2.75) is 19.8 Å². The zero-order chi connectivity index (χ0) is 11.4. The summed E-state index contributed by atoms with van der Waals surface area (Å²) in [4.78, 5) is 21.8. The maximum Gasteiger partial charge on any atom is 0.159 e. The van der Waals surface area contributed by atoms with E-state index in [0.717, 1.165) is 12.1 Å². The van der Waals surface area contributed by atoms with Crippen molar-refractivity contribution in [2.75, 3.05) is 0 Å². The summed E-state index contributed by atoms with van der Waals surface area (Å²) in [5.74, 6) is -2.46. The molecule has 4 heteroatoms. The number of hydrogen-bond donors (Lipinski definition) is 0. The van der Waals surface area contributed by atoms with Crippen molar-refractivity contribution in [3.63, 3.8) is 0 Å². The minimum Gasteiger partial charge on any atom is -0.300 e. The summed E-state index contributed by atoms with van der Waals surface area (Å²) in [6.07, 6.45) is -0.213. The Morgan fingerprint density at radius 2 is 1.87 bits per heavy atom. The number of Topliss-reactive ketones (excluding diaryl/α,β-unsaturated/α-hetero) is 2. The van der Waals surface area contributed by atoms with Crippen LogP contribution in [0.3, 0.4) is 0 Å². The molecule has 80 valence electrons. The topological polar surface area (TPSA) is 34.1 Å². The fraction of sp³-hybridized carbons (Fsp3) is 0.273. The molecule has 0 radical (unpaired) electrons. The van der Waals surface area contributed by atoms with Crippen LogP contribution in [0.2, 0.25) is 0 Å². The van der Waals surface area contributed by atoms with Crippen molar-refractivity contribution in [3.8, 4) is 0 Å². The summed E-state index contributed by atoms with van der Waals surface area (Å²) >= 11 is 0. The lowest BCUT2D eigenvalue weighted by Crippen LogP contribution is -2.07. The highest BCUT2D eigenvalue weighted by Crippen LogP contribution is 2.10. The predicted octanol–water partition coefficient (Wildman–Crippen LogP) is 2.06. The molecule has 0 amide bonds. The summed E-state index contributed by atoms with van der Waals surface area (Å²) < 4.78 is 25.3. The van der Waals surface area contributed by atoms with Crippen molar-refractivity contribution < 1.29 is 18.4 Å². The van der Waals surface area contributed by atoms with E-state index in [0.29, 0.717) is 5.56 Å². The average Bonchev–Trinajstić information content (AvgIpc) is 2.10. The monoisotopic (exact) mass is 212 g/mol. The lowest BCUT2D eigenvalue weighted by molar-refractivity contribution is -0.125. The highest BCUT2D eigenvalue weighted by molar-refractivity contribution is 5.98. The van der Waals surface area contributed by atoms with Gasteiger partial charge in [-0.15, -0.1) is 0 Å². The molecule has 1 rings (SSSR count). The highest BCUT2D eigenvalue weighted by atomic mass is 19.2. The molecule has 0 fully saturated rings. The van der Waals surface area contributed by atoms with Crippen LogP contribution in [0.15, 0.2) is 18.2 Å². The Bertz CT molecular complexity index is 400. The van der Waals surface area contributed by atoms with Crippen molar-refractivity contribution in [2.24, 2.45) is 0 Å². The Kier molecular flexibility index (Phi) is 3.66. The molecule has 1 aromatic rings. The fourth-order valence-electron chi connectivity index (χ4n) is 1.22. The second-order valence-electron chi connectivity index (χ2n) is 3.34. The first-order valence-corrected chi connectivity index (χ1v) is 4.44. The van der Waals surface area contributed by atoms with Crippen molar-refractivity contribution in [3.05, 3.63) is 35.4 Å². The van der Waals surface area contributed by atoms with Crippen LogP contribution in [0, 0.1) is 11.6 Å². The number of rotatable bonds is 4. The van der Waals surface area contributed by atoms with Crippen LogP contribution in [0.5, 0.6) is 0 Å². The zero-order valence-electron chi connectivity index (χ0n) is 8.22. The number of ketones is 2. The van der Waals surface area contributed by atoms with E-state index in [1.165, 1.54) is 13.0 Å². The Hall–Kier alpha value is -1.58. The molecule has 15 heavy (non-hydrogen) atoms. The van der Waals surface area contributed by atoms with E-state index in [2.05, 4.69) is 0 Å². The van der Waals surface area contributed by atoms with Crippen molar-refractivity contribution in [1.82, 2.24) is 0 Å². The lowest BCUT2D eigenvalue weighted by Gasteiger charge is -2.00. The van der Waals surface area contributed by atoms with Crippen LogP contribution in [0.4, 0.5) is 8.78 Å². The summed E-state index contributed by atoms with van der Waals surface area (Å²) in [6.45, 7) is 1.31. The summed E-state index contributed by atoms with van der Waals surface area (Å²) in [7, 11) is 0. The highest BCUT2D eigenvalue weighted by Gasteiger charge is 2.08. The molecule has 0 aromatic heterocycles. The van der Waals surface area contributed by atoms with Crippen LogP contribution in [0.25, 0.3) is 0 Å². The molecule has 0 N–H and O–H groups in total. The first-order valence-electron chi connectivity index (χ1n) is 4.44. The van der Waals surface area contributed by atoms with Gasteiger partial charge in [0.1, 0.15) is 11.6 Å². The molecule has 1 aromatic carbocycles. The molecule has 0 aliphatic rings. The third-order valence-electron chi connectivity index (χ3n) is 1.83. The molecule has 0 atom stereocenters. The summed E-state index contributed by atoms with van der Waals surface area (Å²) in [5.41, 5.74) is 0.375. The van der Waals surface area contributed by atoms with Crippen LogP contribution in [-0.2, 0) is 16.0 Å². The number of hydrogen-bond acceptors (Lipinski definition) is 2. The second-order valence-corrected chi connectivity index (χ2v) is 3.34. The van der Waals surface area contributed by atoms with Crippen molar-refractivity contribution in [1.29, 1.82) is 0 Å². The molecule has 0 saturated heterocycles. The Balaban J connectivity index is 2.69. The zero-order valence-corrected chi connectivity index (χ0v) is 8.22. The molecule has 0 heterocycles. The molecule has 0 aliphatic heterocycles. The Labute approximate surface area is 85.9 Å². The normalized spacial score (nSPS) is 10.1. The van der Waals surface area contributed by atoms with Crippen LogP contribution in [0.1, 0.15) is 18.9 Å². The number of carbonyl (C=O) groups excluding carboxylic acids is 2. The standard InChI is InChI=1S/C11H10F2O2/c1-7(14)4-9(15)5-8-2-3-10(12)11(13)6-8/h2-3,6H,4-5H2,1H3. The largest absolute Gasteiger partial charge is 0.300 e. The van der Waals surface area contributed by atoms with Gasteiger partial charge in [-0.25, -0.2) is 8.78 Å². The summed E-state index contributed by atoms with van der Waals surface area (Å²) in [6, 6.07) is 3.26. The number of halogens is 2. The minimum atomic E-state index is -0.983. The van der Waals surface area contributed by atoms with Crippen LogP contribution < -0.4 is 0 Å². The van der Waals surface area contributed by atoms with Gasteiger partial charge in [-0.2, -0.15) is 0 Å². The van der Waals surface area contributed by atoms with Gasteiger partial charge in [0.25, 0.3) is 0 Å². The van der Waals surface area contributed by atoms with Crippen LogP contribution in [-0.4, -0.2) is 11.6 Å². The fourth-order valence-corrected chi connectivity index (χ4v) is 1.22. The van der Waals surface area contributed by atoms with E-state index in [9.17, 15) is 18.4 Å². The molecular formula is C11H10F2O2. The predicted molar refractivity (Wildman–Crippen MR) is 50.4 cm³/mol. The SMILES string of the molecule is CC(=O)CC(=O)Cc1ccc(F)c(F)c1. The van der Waals surface area contributed by atoms with Gasteiger partial charge in [0.05, 0.1) is 6.42 Å². The molecule has 0 unspecified atom stereocenters. The molecule has 2 nitrogen and oxygen atoms in total. The molecule has 0 aliphatic carbocycles. The van der Waals surface area contributed by atoms with Gasteiger partial charge < -0.3 is 0 Å². The summed E-state index contributed by atoms with van der Waals surface area (Å²) in [5, 5.41) is 0. The van der Waals surface area contributed by atoms with Gasteiger partial charge in [-0.3, -0.25) is 9.59 Å². The molecule has 0 spiro atoms. The van der Waals surface area contributed by atoms with Gasteiger partial charge in [-0.05, 0) is 24.6 Å².